The summed E-state index contributed by atoms with van der Waals surface area (Å²) in [6.07, 6.45) is 0. The molecule has 0 heterocycles. The maximum Gasteiger partial charge on any atom is 0.157 e. The van der Waals surface area contributed by atoms with Gasteiger partial charge in [0.25, 0.3) is 0 Å². The van der Waals surface area contributed by atoms with Gasteiger partial charge in [0.2, 0.25) is 0 Å². The summed E-state index contributed by atoms with van der Waals surface area (Å²) in [6.45, 7) is 0. The van der Waals surface area contributed by atoms with Crippen molar-refractivity contribution < 1.29 is 9.84 Å². The van der Waals surface area contributed by atoms with Gasteiger partial charge in [-0.25, -0.2) is 0 Å². The minimum atomic E-state index is 0.126. The second-order valence-corrected chi connectivity index (χ2v) is 7.72. The van der Waals surface area contributed by atoms with Crippen LogP contribution in [0.5, 0.6) is 17.2 Å². The van der Waals surface area contributed by atoms with Crippen molar-refractivity contribution in [1.82, 2.24) is 0 Å². The number of hydrogen-bond donors (Lipinski definition) is 1. The molecule has 2 aromatic rings. The van der Waals surface area contributed by atoms with E-state index in [1.807, 2.05) is 18.2 Å². The van der Waals surface area contributed by atoms with Crippen LogP contribution in [0.1, 0.15) is 0 Å². The van der Waals surface area contributed by atoms with E-state index in [0.29, 0.717) is 24.9 Å². The molecular weight excluding hydrogens is 576 g/mol. The van der Waals surface area contributed by atoms with Gasteiger partial charge in [0, 0.05) is 4.47 Å². The topological polar surface area (TPSA) is 29.5 Å². The molecule has 0 aliphatic rings. The van der Waals surface area contributed by atoms with Crippen molar-refractivity contribution in [3.05, 3.63) is 46.6 Å². The van der Waals surface area contributed by atoms with E-state index in [4.69, 9.17) is 4.74 Å². The van der Waals surface area contributed by atoms with Crippen molar-refractivity contribution in [1.29, 1.82) is 0 Å². The number of hydrogen-bond acceptors (Lipinski definition) is 2. The van der Waals surface area contributed by atoms with E-state index in [9.17, 15) is 5.11 Å². The maximum atomic E-state index is 9.68. The van der Waals surface area contributed by atoms with Gasteiger partial charge in [0.05, 0.1) is 17.9 Å². The molecule has 0 unspecified atom stereocenters. The van der Waals surface area contributed by atoms with Crippen LogP contribution in [-0.4, -0.2) is 5.11 Å². The van der Waals surface area contributed by atoms with E-state index in [2.05, 4.69) is 79.6 Å². The summed E-state index contributed by atoms with van der Waals surface area (Å²) in [6, 6.07) is 7.19. The van der Waals surface area contributed by atoms with Gasteiger partial charge in [-0.05, 0) is 88.0 Å². The molecule has 2 rings (SSSR count). The maximum absolute atomic E-state index is 9.68. The Balaban J connectivity index is 2.47. The van der Waals surface area contributed by atoms with Crippen LogP contribution in [0.2, 0.25) is 0 Å². The molecule has 0 atom stereocenters. The van der Waals surface area contributed by atoms with Crippen LogP contribution in [-0.2, 0) is 0 Å². The number of phenols is 1. The number of aromatic hydroxyl groups is 1. The lowest BCUT2D eigenvalue weighted by molar-refractivity contribution is 0.455. The Morgan fingerprint density at radius 1 is 0.842 bits per heavy atom. The van der Waals surface area contributed by atoms with Crippen LogP contribution in [0, 0.1) is 0 Å². The number of rotatable bonds is 2. The van der Waals surface area contributed by atoms with Crippen LogP contribution in [0.3, 0.4) is 0 Å². The molecule has 0 radical (unpaired) electrons. The minimum absolute atomic E-state index is 0.126. The van der Waals surface area contributed by atoms with E-state index < -0.39 is 0 Å². The van der Waals surface area contributed by atoms with Gasteiger partial charge in [-0.2, -0.15) is 0 Å². The highest BCUT2D eigenvalue weighted by atomic mass is 79.9. The third-order valence-corrected chi connectivity index (χ3v) is 6.00. The lowest BCUT2D eigenvalue weighted by Gasteiger charge is -2.13. The summed E-state index contributed by atoms with van der Waals surface area (Å²) in [5.41, 5.74) is 0. The van der Waals surface area contributed by atoms with Crippen molar-refractivity contribution in [2.75, 3.05) is 0 Å². The summed E-state index contributed by atoms with van der Waals surface area (Å²) in [4.78, 5) is 0. The Kier molecular flexibility index (Phi) is 5.39. The molecule has 0 saturated carbocycles. The van der Waals surface area contributed by atoms with Crippen LogP contribution in [0.4, 0.5) is 0 Å². The fourth-order valence-electron chi connectivity index (χ4n) is 1.33. The molecule has 0 amide bonds. The quantitative estimate of drug-likeness (QED) is 0.388. The molecule has 0 saturated heterocycles. The normalized spacial score (nSPS) is 10.6. The van der Waals surface area contributed by atoms with Gasteiger partial charge in [-0.3, -0.25) is 0 Å². The molecule has 0 aromatic heterocycles. The van der Waals surface area contributed by atoms with Crippen LogP contribution in [0.15, 0.2) is 46.6 Å². The Bertz CT molecular complexity index is 643. The van der Waals surface area contributed by atoms with Crippen molar-refractivity contribution in [3.63, 3.8) is 0 Å². The molecule has 0 bridgehead atoms. The van der Waals surface area contributed by atoms with Crippen LogP contribution in [0.25, 0.3) is 0 Å². The van der Waals surface area contributed by atoms with E-state index in [0.717, 1.165) is 8.95 Å². The lowest BCUT2D eigenvalue weighted by atomic mass is 10.3. The average molecular weight is 581 g/mol. The SMILES string of the molecule is Oc1cc(Br)c(Oc2ccc(Br)cc2Br)c(Br)c1Br. The lowest BCUT2D eigenvalue weighted by Crippen LogP contribution is -1.89. The second kappa shape index (κ2) is 6.47. The Morgan fingerprint density at radius 2 is 1.53 bits per heavy atom. The van der Waals surface area contributed by atoms with Crippen molar-refractivity contribution >= 4 is 79.6 Å². The Morgan fingerprint density at radius 3 is 2.16 bits per heavy atom. The number of halogens is 5. The molecule has 2 nitrogen and oxygen atoms in total. The molecule has 0 aliphatic heterocycles. The fourth-order valence-corrected chi connectivity index (χ4v) is 4.01. The van der Waals surface area contributed by atoms with Crippen molar-refractivity contribution in [2.45, 2.75) is 0 Å². The van der Waals surface area contributed by atoms with E-state index >= 15 is 0 Å². The Labute approximate surface area is 152 Å². The third kappa shape index (κ3) is 3.56. The van der Waals surface area contributed by atoms with Gasteiger partial charge in [0.15, 0.2) is 5.75 Å². The van der Waals surface area contributed by atoms with E-state index in [-0.39, 0.29) is 5.75 Å². The fraction of sp³-hybridized carbons (Fsp3) is 0. The number of ether oxygens (including phenoxy) is 1. The zero-order valence-electron chi connectivity index (χ0n) is 9.05. The van der Waals surface area contributed by atoms with Gasteiger partial charge in [0.1, 0.15) is 11.5 Å². The molecule has 2 aromatic carbocycles. The summed E-state index contributed by atoms with van der Waals surface area (Å²) in [5, 5.41) is 9.68. The third-order valence-electron chi connectivity index (χ3n) is 2.20. The zero-order chi connectivity index (χ0) is 14.2. The first kappa shape index (κ1) is 15.8. The monoisotopic (exact) mass is 576 g/mol. The molecule has 0 fully saturated rings. The Hall–Kier alpha value is 0.440. The molecule has 7 heteroatoms. The summed E-state index contributed by atoms with van der Waals surface area (Å²) in [7, 11) is 0. The first-order chi connectivity index (χ1) is 8.90. The first-order valence-electron chi connectivity index (χ1n) is 4.89. The molecular formula is C12H5Br5O2. The summed E-state index contributed by atoms with van der Waals surface area (Å²) < 4.78 is 9.46. The van der Waals surface area contributed by atoms with Gasteiger partial charge in [-0.15, -0.1) is 0 Å². The van der Waals surface area contributed by atoms with Gasteiger partial charge >= 0.3 is 0 Å². The average Bonchev–Trinajstić information content (AvgIpc) is 2.34. The minimum Gasteiger partial charge on any atom is -0.507 e. The van der Waals surface area contributed by atoms with Crippen LogP contribution >= 0.6 is 79.6 Å². The van der Waals surface area contributed by atoms with E-state index in [1.165, 1.54) is 0 Å². The second-order valence-electron chi connectivity index (χ2n) is 3.51. The number of phenolic OH excluding ortho intramolecular Hbond substituents is 1. The zero-order valence-corrected chi connectivity index (χ0v) is 17.0. The predicted molar refractivity (Wildman–Crippen MR) is 93.1 cm³/mol. The smallest absolute Gasteiger partial charge is 0.157 e. The highest BCUT2D eigenvalue weighted by molar-refractivity contribution is 9.13. The predicted octanol–water partition coefficient (Wildman–Crippen LogP) is 7.00. The highest BCUT2D eigenvalue weighted by Crippen LogP contribution is 2.46. The van der Waals surface area contributed by atoms with Crippen molar-refractivity contribution in [3.8, 4) is 17.2 Å². The molecule has 0 spiro atoms. The van der Waals surface area contributed by atoms with E-state index in [1.54, 1.807) is 6.07 Å². The van der Waals surface area contributed by atoms with Gasteiger partial charge < -0.3 is 9.84 Å². The summed E-state index contributed by atoms with van der Waals surface area (Å²) >= 11 is 16.9. The first-order valence-corrected chi connectivity index (χ1v) is 8.86. The molecule has 0 aliphatic carbocycles. The standard InChI is InChI=1S/C12H5Br5O2/c13-5-1-2-9(6(14)3-5)19-12-7(15)4-8(18)10(16)11(12)17/h1-4,18H. The molecule has 19 heavy (non-hydrogen) atoms. The summed E-state index contributed by atoms with van der Waals surface area (Å²) in [5.74, 6) is 1.37. The number of benzene rings is 2. The van der Waals surface area contributed by atoms with Gasteiger partial charge in [-0.1, -0.05) is 15.9 Å². The molecule has 1 N–H and O–H groups in total. The van der Waals surface area contributed by atoms with Crippen LogP contribution < -0.4 is 4.74 Å². The highest BCUT2D eigenvalue weighted by Gasteiger charge is 2.16. The largest absolute Gasteiger partial charge is 0.507 e. The molecule has 100 valence electrons. The van der Waals surface area contributed by atoms with Crippen molar-refractivity contribution in [2.24, 2.45) is 0 Å².